The highest BCUT2D eigenvalue weighted by Gasteiger charge is 2.36. The Morgan fingerprint density at radius 3 is 2.57 bits per heavy atom. The minimum atomic E-state index is -4.65. The van der Waals surface area contributed by atoms with Crippen molar-refractivity contribution in [3.63, 3.8) is 0 Å². The third-order valence-corrected chi connectivity index (χ3v) is 5.49. The minimum Gasteiger partial charge on any atom is -0.495 e. The van der Waals surface area contributed by atoms with Crippen LogP contribution in [-0.4, -0.2) is 64.0 Å². The number of alkyl halides is 3. The summed E-state index contributed by atoms with van der Waals surface area (Å²) in [5.41, 5.74) is -0.223. The Hall–Kier alpha value is -3.67. The molecule has 1 fully saturated rings. The molecule has 1 aliphatic heterocycles. The topological polar surface area (TPSA) is 94.4 Å². The molecule has 186 valence electrons. The van der Waals surface area contributed by atoms with Crippen molar-refractivity contribution in [2.24, 2.45) is 0 Å². The molecular formula is C23H25F3N6O3. The number of ether oxygens (including phenoxy) is 2. The van der Waals surface area contributed by atoms with E-state index in [1.807, 2.05) is 13.8 Å². The van der Waals surface area contributed by atoms with E-state index in [4.69, 9.17) is 9.47 Å². The summed E-state index contributed by atoms with van der Waals surface area (Å²) in [6, 6.07) is 4.75. The molecule has 1 amide bonds. The lowest BCUT2D eigenvalue weighted by Crippen LogP contribution is -2.40. The van der Waals surface area contributed by atoms with E-state index in [1.165, 1.54) is 19.5 Å². The van der Waals surface area contributed by atoms with Crippen molar-refractivity contribution in [2.45, 2.75) is 26.1 Å². The molecule has 0 spiro atoms. The summed E-state index contributed by atoms with van der Waals surface area (Å²) >= 11 is 0. The number of methoxy groups -OCH3 is 1. The summed E-state index contributed by atoms with van der Waals surface area (Å²) in [7, 11) is 1.43. The van der Waals surface area contributed by atoms with Crippen molar-refractivity contribution in [3.8, 4) is 17.0 Å². The van der Waals surface area contributed by atoms with E-state index in [2.05, 4.69) is 20.4 Å². The zero-order chi connectivity index (χ0) is 25.2. The highest BCUT2D eigenvalue weighted by molar-refractivity contribution is 5.95. The van der Waals surface area contributed by atoms with Gasteiger partial charge >= 0.3 is 6.18 Å². The van der Waals surface area contributed by atoms with Gasteiger partial charge in [0.05, 0.1) is 37.9 Å². The molecule has 1 aliphatic rings. The number of carbonyl (C=O) groups is 1. The van der Waals surface area contributed by atoms with Gasteiger partial charge in [-0.3, -0.25) is 9.48 Å². The van der Waals surface area contributed by atoms with E-state index in [1.54, 1.807) is 27.8 Å². The summed E-state index contributed by atoms with van der Waals surface area (Å²) < 4.78 is 53.2. The van der Waals surface area contributed by atoms with E-state index >= 15 is 0 Å². The van der Waals surface area contributed by atoms with Gasteiger partial charge in [0.25, 0.3) is 5.91 Å². The molecule has 0 atom stereocenters. The summed E-state index contributed by atoms with van der Waals surface area (Å²) in [6.07, 6.45) is -1.06. The number of rotatable bonds is 6. The fourth-order valence-corrected chi connectivity index (χ4v) is 3.61. The number of nitrogens with one attached hydrogen (secondary N) is 1. The number of hydrogen-bond donors (Lipinski definition) is 1. The molecule has 4 rings (SSSR count). The van der Waals surface area contributed by atoms with Gasteiger partial charge in [-0.05, 0) is 32.0 Å². The van der Waals surface area contributed by atoms with Gasteiger partial charge in [0.1, 0.15) is 11.3 Å². The molecule has 0 unspecified atom stereocenters. The lowest BCUT2D eigenvalue weighted by molar-refractivity contribution is -0.137. The van der Waals surface area contributed by atoms with Crippen molar-refractivity contribution in [1.29, 1.82) is 0 Å². The van der Waals surface area contributed by atoms with Crippen LogP contribution in [0.5, 0.6) is 5.75 Å². The number of halogens is 3. The van der Waals surface area contributed by atoms with Crippen LogP contribution in [0.25, 0.3) is 11.3 Å². The van der Waals surface area contributed by atoms with Crippen LogP contribution in [0.2, 0.25) is 0 Å². The Morgan fingerprint density at radius 1 is 1.20 bits per heavy atom. The van der Waals surface area contributed by atoms with Crippen LogP contribution in [0.4, 0.5) is 24.8 Å². The van der Waals surface area contributed by atoms with Crippen LogP contribution in [0.3, 0.4) is 0 Å². The van der Waals surface area contributed by atoms with Gasteiger partial charge in [0.15, 0.2) is 0 Å². The first-order valence-corrected chi connectivity index (χ1v) is 11.0. The number of aromatic nitrogens is 4. The zero-order valence-electron chi connectivity index (χ0n) is 19.5. The second-order valence-electron chi connectivity index (χ2n) is 8.20. The van der Waals surface area contributed by atoms with Crippen LogP contribution in [0, 0.1) is 0 Å². The number of amides is 1. The van der Waals surface area contributed by atoms with Crippen molar-refractivity contribution in [1.82, 2.24) is 24.6 Å². The number of nitrogens with zero attached hydrogens (tertiary/aromatic N) is 5. The first-order chi connectivity index (χ1) is 16.7. The highest BCUT2D eigenvalue weighted by Crippen LogP contribution is 2.37. The summed E-state index contributed by atoms with van der Waals surface area (Å²) in [5.74, 6) is 0.103. The molecule has 0 radical (unpaired) electrons. The first kappa shape index (κ1) is 24.5. The Bertz CT molecular complexity index is 1210. The Kier molecular flexibility index (Phi) is 6.92. The molecule has 3 heterocycles. The fourth-order valence-electron chi connectivity index (χ4n) is 3.61. The second kappa shape index (κ2) is 9.90. The molecule has 1 aromatic carbocycles. The Labute approximate surface area is 199 Å². The van der Waals surface area contributed by atoms with E-state index in [-0.39, 0.29) is 29.2 Å². The number of benzene rings is 1. The lowest BCUT2D eigenvalue weighted by atomic mass is 10.1. The monoisotopic (exact) mass is 490 g/mol. The molecule has 0 bridgehead atoms. The van der Waals surface area contributed by atoms with Gasteiger partial charge in [-0.1, -0.05) is 0 Å². The van der Waals surface area contributed by atoms with Crippen LogP contribution in [-0.2, 0) is 10.9 Å². The van der Waals surface area contributed by atoms with E-state index in [9.17, 15) is 18.0 Å². The average Bonchev–Trinajstić information content (AvgIpc) is 3.34. The Morgan fingerprint density at radius 2 is 1.94 bits per heavy atom. The van der Waals surface area contributed by atoms with E-state index in [0.29, 0.717) is 43.3 Å². The molecular weight excluding hydrogens is 465 g/mol. The fraction of sp³-hybridized carbons (Fsp3) is 0.391. The summed E-state index contributed by atoms with van der Waals surface area (Å²) in [6.45, 7) is 5.69. The molecule has 12 heteroatoms. The number of carbonyl (C=O) groups excluding carboxylic acids is 1. The largest absolute Gasteiger partial charge is 0.495 e. The molecule has 0 saturated carbocycles. The van der Waals surface area contributed by atoms with E-state index < -0.39 is 11.7 Å². The van der Waals surface area contributed by atoms with Gasteiger partial charge in [-0.25, -0.2) is 9.97 Å². The summed E-state index contributed by atoms with van der Waals surface area (Å²) in [4.78, 5) is 22.5. The van der Waals surface area contributed by atoms with Crippen LogP contribution in [0.1, 0.15) is 35.8 Å². The van der Waals surface area contributed by atoms with Crippen LogP contribution >= 0.6 is 0 Å². The van der Waals surface area contributed by atoms with Gasteiger partial charge < -0.3 is 19.7 Å². The quantitative estimate of drug-likeness (QED) is 0.554. The van der Waals surface area contributed by atoms with Crippen LogP contribution in [0.15, 0.2) is 36.8 Å². The maximum absolute atomic E-state index is 13.7. The maximum Gasteiger partial charge on any atom is 0.419 e. The normalized spacial score (nSPS) is 14.3. The molecule has 0 aliphatic carbocycles. The van der Waals surface area contributed by atoms with Crippen LogP contribution < -0.4 is 10.1 Å². The first-order valence-electron chi connectivity index (χ1n) is 11.0. The standard InChI is InChI=1S/C23H25F3N6O3/c1-14(2)32-13-16(11-28-32)20-17(23(24,25)26)12-27-22(30-20)29-18-5-4-15(10-19(18)34-3)21(33)31-6-8-35-9-7-31/h4-5,10-14H,6-9H2,1-3H3,(H,27,29,30). The molecule has 1 N–H and O–H groups in total. The third kappa shape index (κ3) is 5.37. The molecule has 35 heavy (non-hydrogen) atoms. The van der Waals surface area contributed by atoms with Crippen molar-refractivity contribution < 1.29 is 27.4 Å². The summed E-state index contributed by atoms with van der Waals surface area (Å²) in [5, 5.41) is 7.03. The van der Waals surface area contributed by atoms with E-state index in [0.717, 1.165) is 6.20 Å². The predicted octanol–water partition coefficient (Wildman–Crippen LogP) is 4.16. The van der Waals surface area contributed by atoms with Gasteiger partial charge in [-0.2, -0.15) is 18.3 Å². The zero-order valence-corrected chi connectivity index (χ0v) is 19.5. The molecule has 9 nitrogen and oxygen atoms in total. The van der Waals surface area contributed by atoms with Crippen molar-refractivity contribution in [3.05, 3.63) is 47.9 Å². The van der Waals surface area contributed by atoms with Crippen molar-refractivity contribution >= 4 is 17.5 Å². The molecule has 3 aromatic rings. The highest BCUT2D eigenvalue weighted by atomic mass is 19.4. The van der Waals surface area contributed by atoms with Gasteiger partial charge in [-0.15, -0.1) is 0 Å². The van der Waals surface area contributed by atoms with Gasteiger partial charge in [0, 0.05) is 42.7 Å². The molecule has 2 aromatic heterocycles. The SMILES string of the molecule is COc1cc(C(=O)N2CCOCC2)ccc1Nc1ncc(C(F)(F)F)c(-c2cnn(C(C)C)c2)n1. The third-order valence-electron chi connectivity index (χ3n) is 5.49. The minimum absolute atomic E-state index is 0.0273. The molecule has 1 saturated heterocycles. The average molecular weight is 490 g/mol. The number of anilines is 2. The lowest BCUT2D eigenvalue weighted by Gasteiger charge is -2.27. The van der Waals surface area contributed by atoms with Gasteiger partial charge in [0.2, 0.25) is 5.95 Å². The maximum atomic E-state index is 13.7. The van der Waals surface area contributed by atoms with Crippen molar-refractivity contribution in [2.75, 3.05) is 38.7 Å². The predicted molar refractivity (Wildman–Crippen MR) is 122 cm³/mol. The number of morpholine rings is 1. The smallest absolute Gasteiger partial charge is 0.419 e. The Balaban J connectivity index is 1.64. The number of hydrogen-bond acceptors (Lipinski definition) is 7. The second-order valence-corrected chi connectivity index (χ2v) is 8.20.